The minimum Gasteiger partial charge on any atom is -0.326 e. The van der Waals surface area contributed by atoms with Gasteiger partial charge in [0.05, 0.1) is 23.9 Å². The molecular weight excluding hydrogens is 564 g/mol. The summed E-state index contributed by atoms with van der Waals surface area (Å²) in [6.45, 7) is 1.79. The first-order valence-corrected chi connectivity index (χ1v) is 15.9. The van der Waals surface area contributed by atoms with Crippen molar-refractivity contribution in [2.24, 2.45) is 0 Å². The number of sulfonamides is 1. The minimum atomic E-state index is -3.55. The van der Waals surface area contributed by atoms with Crippen LogP contribution in [0, 0.1) is 0 Å². The van der Waals surface area contributed by atoms with Gasteiger partial charge in [-0.2, -0.15) is 0 Å². The number of aromatic nitrogens is 1. The van der Waals surface area contributed by atoms with Gasteiger partial charge in [0, 0.05) is 28.9 Å². The Labute approximate surface area is 245 Å². The Morgan fingerprint density at radius 3 is 2.46 bits per heavy atom. The molecular formula is C30H33ClN4O5S. The molecule has 2 heterocycles. The molecule has 5 rings (SSSR count). The van der Waals surface area contributed by atoms with Gasteiger partial charge in [0.15, 0.2) is 0 Å². The summed E-state index contributed by atoms with van der Waals surface area (Å²) in [4.78, 5) is 40.1. The van der Waals surface area contributed by atoms with E-state index in [1.54, 1.807) is 72.6 Å². The summed E-state index contributed by atoms with van der Waals surface area (Å²) in [5.74, 6) is -1.53. The monoisotopic (exact) mass is 596 g/mol. The molecule has 2 aromatic carbocycles. The molecule has 0 spiro atoms. The van der Waals surface area contributed by atoms with Crippen LogP contribution in [-0.2, 0) is 19.7 Å². The number of hydroxylamine groups is 1. The van der Waals surface area contributed by atoms with Crippen molar-refractivity contribution in [3.8, 4) is 0 Å². The van der Waals surface area contributed by atoms with Gasteiger partial charge in [-0.1, -0.05) is 60.8 Å². The fourth-order valence-electron chi connectivity index (χ4n) is 5.96. The second-order valence-electron chi connectivity index (χ2n) is 10.6. The number of amides is 2. The first kappa shape index (κ1) is 29.2. The molecule has 2 N–H and O–H groups in total. The summed E-state index contributed by atoms with van der Waals surface area (Å²) >= 11 is 6.22. The van der Waals surface area contributed by atoms with Gasteiger partial charge >= 0.3 is 0 Å². The third kappa shape index (κ3) is 6.46. The molecule has 11 heteroatoms. The maximum absolute atomic E-state index is 14.2. The highest BCUT2D eigenvalue weighted by Crippen LogP contribution is 2.46. The number of carbonyl (C=O) groups excluding carboxylic acids is 2. The quantitative estimate of drug-likeness (QED) is 0.365. The highest BCUT2D eigenvalue weighted by atomic mass is 35.5. The third-order valence-electron chi connectivity index (χ3n) is 7.76. The fraction of sp³-hybridized carbons (Fsp3) is 0.367. The summed E-state index contributed by atoms with van der Waals surface area (Å²) in [5.41, 5.74) is 4.97. The van der Waals surface area contributed by atoms with E-state index in [1.165, 1.54) is 0 Å². The molecule has 1 fully saturated rings. The Balaban J connectivity index is 1.58. The third-order valence-corrected chi connectivity index (χ3v) is 8.75. The number of nitrogens with zero attached hydrogens (tertiary/aromatic N) is 2. The number of hydrogen-bond acceptors (Lipinski definition) is 6. The maximum atomic E-state index is 14.2. The van der Waals surface area contributed by atoms with Crippen LogP contribution in [0.1, 0.15) is 77.8 Å². The summed E-state index contributed by atoms with van der Waals surface area (Å²) in [6.07, 6.45) is 5.08. The van der Waals surface area contributed by atoms with E-state index < -0.39 is 46.1 Å². The van der Waals surface area contributed by atoms with Crippen molar-refractivity contribution >= 4 is 33.4 Å². The van der Waals surface area contributed by atoms with Crippen LogP contribution in [0.2, 0.25) is 5.02 Å². The van der Waals surface area contributed by atoms with Crippen LogP contribution in [0.3, 0.4) is 0 Å². The lowest BCUT2D eigenvalue weighted by atomic mass is 9.76. The van der Waals surface area contributed by atoms with E-state index in [0.717, 1.165) is 19.1 Å². The molecule has 3 aromatic rings. The molecule has 2 unspecified atom stereocenters. The highest BCUT2D eigenvalue weighted by Gasteiger charge is 2.49. The highest BCUT2D eigenvalue weighted by molar-refractivity contribution is 7.88. The van der Waals surface area contributed by atoms with Crippen LogP contribution in [0.4, 0.5) is 0 Å². The molecule has 1 saturated carbocycles. The van der Waals surface area contributed by atoms with Crippen LogP contribution in [0.5, 0.6) is 0 Å². The van der Waals surface area contributed by atoms with Crippen LogP contribution < -0.4 is 10.2 Å². The molecule has 0 radical (unpaired) electrons. The van der Waals surface area contributed by atoms with Crippen LogP contribution in [-0.4, -0.2) is 48.5 Å². The molecule has 2 aliphatic rings. The van der Waals surface area contributed by atoms with Crippen molar-refractivity contribution in [2.45, 2.75) is 62.8 Å². The fourth-order valence-corrected chi connectivity index (χ4v) is 6.91. The van der Waals surface area contributed by atoms with Crippen molar-refractivity contribution in [3.63, 3.8) is 0 Å². The van der Waals surface area contributed by atoms with E-state index in [9.17, 15) is 18.0 Å². The van der Waals surface area contributed by atoms with Crippen molar-refractivity contribution in [2.75, 3.05) is 6.26 Å². The lowest BCUT2D eigenvalue weighted by molar-refractivity contribution is -0.142. The van der Waals surface area contributed by atoms with Gasteiger partial charge in [0.2, 0.25) is 10.0 Å². The zero-order valence-electron chi connectivity index (χ0n) is 22.9. The molecule has 41 heavy (non-hydrogen) atoms. The number of nitrogens with one attached hydrogen (secondary N) is 2. The van der Waals surface area contributed by atoms with Crippen molar-refractivity contribution in [1.29, 1.82) is 0 Å². The average Bonchev–Trinajstić information content (AvgIpc) is 2.96. The topological polar surface area (TPSA) is 118 Å². The smallest absolute Gasteiger partial charge is 0.255 e. The van der Waals surface area contributed by atoms with Crippen molar-refractivity contribution in [1.82, 2.24) is 20.1 Å². The van der Waals surface area contributed by atoms with Crippen molar-refractivity contribution < 1.29 is 22.8 Å². The Hall–Kier alpha value is -3.31. The Bertz CT molecular complexity index is 1500. The number of benzene rings is 2. The Kier molecular flexibility index (Phi) is 8.74. The SMILES string of the molecule is CC(ONC(=O)[C@@H]1c2ccccc2C(=O)N(C2CCCC[C@@H]2NS(C)(=O)=O)[C@H]1c1ccc(Cl)cc1)c1ccccn1. The molecule has 1 aromatic heterocycles. The number of carbonyl (C=O) groups is 2. The molecule has 1 aliphatic heterocycles. The summed E-state index contributed by atoms with van der Waals surface area (Å²) in [6, 6.07) is 17.9. The minimum absolute atomic E-state index is 0.250. The molecule has 216 valence electrons. The van der Waals surface area contributed by atoms with Gasteiger partial charge in [0.1, 0.15) is 6.10 Å². The lowest BCUT2D eigenvalue weighted by Crippen LogP contribution is -2.59. The van der Waals surface area contributed by atoms with Gasteiger partial charge in [0.25, 0.3) is 11.8 Å². The van der Waals surface area contributed by atoms with Gasteiger partial charge in [-0.25, -0.2) is 18.6 Å². The van der Waals surface area contributed by atoms with E-state index in [2.05, 4.69) is 15.2 Å². The second kappa shape index (κ2) is 12.3. The molecule has 5 atom stereocenters. The first-order chi connectivity index (χ1) is 19.6. The Morgan fingerprint density at radius 2 is 1.76 bits per heavy atom. The second-order valence-corrected chi connectivity index (χ2v) is 12.8. The maximum Gasteiger partial charge on any atom is 0.255 e. The van der Waals surface area contributed by atoms with Crippen LogP contribution >= 0.6 is 11.6 Å². The molecule has 0 bridgehead atoms. The molecule has 2 amide bonds. The molecule has 9 nitrogen and oxygen atoms in total. The molecule has 0 saturated heterocycles. The largest absolute Gasteiger partial charge is 0.326 e. The number of pyridine rings is 1. The van der Waals surface area contributed by atoms with Crippen LogP contribution in [0.15, 0.2) is 72.9 Å². The predicted molar refractivity (Wildman–Crippen MR) is 155 cm³/mol. The summed E-state index contributed by atoms with van der Waals surface area (Å²) in [7, 11) is -3.55. The summed E-state index contributed by atoms with van der Waals surface area (Å²) in [5, 5.41) is 0.519. The Morgan fingerprint density at radius 1 is 1.05 bits per heavy atom. The van der Waals surface area contributed by atoms with Gasteiger partial charge in [-0.05, 0) is 61.2 Å². The van der Waals surface area contributed by atoms with Crippen molar-refractivity contribution in [3.05, 3.63) is 100 Å². The van der Waals surface area contributed by atoms with E-state index in [-0.39, 0.29) is 5.91 Å². The zero-order chi connectivity index (χ0) is 29.1. The van der Waals surface area contributed by atoms with E-state index >= 15 is 0 Å². The van der Waals surface area contributed by atoms with Gasteiger partial charge in [-0.15, -0.1) is 0 Å². The zero-order valence-corrected chi connectivity index (χ0v) is 24.4. The van der Waals surface area contributed by atoms with E-state index in [1.807, 2.05) is 12.1 Å². The summed E-state index contributed by atoms with van der Waals surface area (Å²) < 4.78 is 27.4. The van der Waals surface area contributed by atoms with Crippen LogP contribution in [0.25, 0.3) is 0 Å². The number of hydrogen-bond donors (Lipinski definition) is 2. The number of halogens is 1. The number of fused-ring (bicyclic) bond motifs is 1. The first-order valence-electron chi connectivity index (χ1n) is 13.6. The lowest BCUT2D eigenvalue weighted by Gasteiger charge is -2.49. The van der Waals surface area contributed by atoms with Gasteiger partial charge < -0.3 is 4.90 Å². The number of rotatable bonds is 8. The van der Waals surface area contributed by atoms with E-state index in [0.29, 0.717) is 40.2 Å². The standard InChI is InChI=1S/C30H33ClN4O5S/c1-19(24-11-7-8-18-32-24)40-33-29(36)27-22-9-3-4-10-23(22)30(37)35(28(27)20-14-16-21(31)17-15-20)26-13-6-5-12-25(26)34-41(2,38)39/h3-4,7-11,14-19,25-28,34H,5-6,12-13H2,1-2H3,(H,33,36)/t19?,25-,26?,27+,28-/m0/s1. The van der Waals surface area contributed by atoms with E-state index in [4.69, 9.17) is 16.4 Å². The normalized spacial score (nSPS) is 23.5. The predicted octanol–water partition coefficient (Wildman–Crippen LogP) is 4.69. The molecule has 1 aliphatic carbocycles. The van der Waals surface area contributed by atoms with Gasteiger partial charge in [-0.3, -0.25) is 19.4 Å². The average molecular weight is 597 g/mol.